The second kappa shape index (κ2) is 9.76. The number of amides is 2. The van der Waals surface area contributed by atoms with Gasteiger partial charge in [0.25, 0.3) is 5.91 Å². The monoisotopic (exact) mass is 499 g/mol. The molecule has 5 rings (SSSR count). The minimum Gasteiger partial charge on any atom is -0.457 e. The molecule has 1 saturated heterocycles. The van der Waals surface area contributed by atoms with Crippen molar-refractivity contribution in [3.63, 3.8) is 0 Å². The van der Waals surface area contributed by atoms with E-state index in [0.717, 1.165) is 30.7 Å². The lowest BCUT2D eigenvalue weighted by atomic mass is 9.69. The van der Waals surface area contributed by atoms with Gasteiger partial charge in [0.05, 0.1) is 6.04 Å². The Labute approximate surface area is 217 Å². The van der Waals surface area contributed by atoms with Gasteiger partial charge in [-0.3, -0.25) is 9.59 Å². The van der Waals surface area contributed by atoms with Crippen molar-refractivity contribution in [2.75, 3.05) is 25.0 Å². The third kappa shape index (κ3) is 4.71. The summed E-state index contributed by atoms with van der Waals surface area (Å²) in [4.78, 5) is 26.8. The van der Waals surface area contributed by atoms with E-state index >= 15 is 0 Å². The summed E-state index contributed by atoms with van der Waals surface area (Å²) >= 11 is 0. The number of aromatic nitrogens is 2. The van der Waals surface area contributed by atoms with E-state index in [1.165, 1.54) is 6.08 Å². The van der Waals surface area contributed by atoms with Crippen LogP contribution in [0.4, 0.5) is 5.82 Å². The van der Waals surface area contributed by atoms with Crippen molar-refractivity contribution in [1.82, 2.24) is 14.7 Å². The number of hydrogen-bond acceptors (Lipinski definition) is 5. The summed E-state index contributed by atoms with van der Waals surface area (Å²) in [6.07, 6.45) is 3.11. The lowest BCUT2D eigenvalue weighted by molar-refractivity contribution is -0.131. The van der Waals surface area contributed by atoms with Crippen molar-refractivity contribution in [2.45, 2.75) is 32.7 Å². The molecule has 2 aromatic carbocycles. The molecule has 1 unspecified atom stereocenters. The standard InChI is InChI=1S/C29H33N5O3/c1-4-24(35)33-17-15-22(29(2,3)18-33)23-14-16-31-28-25(27(30)36)26(32-34(23)28)19-10-12-21(13-11-19)37-20-8-6-5-7-9-20/h4-13,22-23,31H,1,14-18H2,2-3H3,(H2,30,36)/t22?,23-/m0/s1. The Kier molecular flexibility index (Phi) is 6.50. The van der Waals surface area contributed by atoms with Gasteiger partial charge in [-0.15, -0.1) is 0 Å². The van der Waals surface area contributed by atoms with Gasteiger partial charge in [0.1, 0.15) is 28.6 Å². The summed E-state index contributed by atoms with van der Waals surface area (Å²) in [6.45, 7) is 10.1. The number of rotatable bonds is 6. The fourth-order valence-corrected chi connectivity index (χ4v) is 5.82. The average molecular weight is 500 g/mol. The molecule has 3 aromatic rings. The van der Waals surface area contributed by atoms with E-state index in [-0.39, 0.29) is 23.3 Å². The van der Waals surface area contributed by atoms with Gasteiger partial charge in [-0.25, -0.2) is 4.68 Å². The van der Waals surface area contributed by atoms with Crippen LogP contribution in [0.2, 0.25) is 0 Å². The zero-order valence-corrected chi connectivity index (χ0v) is 21.3. The van der Waals surface area contributed by atoms with Crippen LogP contribution in [0.25, 0.3) is 11.3 Å². The summed E-state index contributed by atoms with van der Waals surface area (Å²) in [7, 11) is 0. The molecule has 8 heteroatoms. The second-order valence-corrected chi connectivity index (χ2v) is 10.5. The molecule has 1 fully saturated rings. The number of likely N-dealkylation sites (tertiary alicyclic amines) is 1. The summed E-state index contributed by atoms with van der Waals surface area (Å²) in [6, 6.07) is 17.2. The Balaban J connectivity index is 1.46. The molecule has 0 saturated carbocycles. The first-order chi connectivity index (χ1) is 17.8. The zero-order chi connectivity index (χ0) is 26.2. The van der Waals surface area contributed by atoms with Crippen LogP contribution in [0.5, 0.6) is 11.5 Å². The first kappa shape index (κ1) is 24.6. The Morgan fingerprint density at radius 3 is 2.46 bits per heavy atom. The smallest absolute Gasteiger partial charge is 0.254 e. The molecule has 0 radical (unpaired) electrons. The van der Waals surface area contributed by atoms with E-state index in [9.17, 15) is 9.59 Å². The Hall–Kier alpha value is -4.07. The third-order valence-electron chi connectivity index (χ3n) is 7.57. The number of carbonyl (C=O) groups is 2. The Bertz CT molecular complexity index is 1310. The molecular weight excluding hydrogens is 466 g/mol. The first-order valence-electron chi connectivity index (χ1n) is 12.7. The normalized spacial score (nSPS) is 20.4. The number of piperidine rings is 1. The van der Waals surface area contributed by atoms with Gasteiger partial charge in [0.2, 0.25) is 5.91 Å². The number of ether oxygens (including phenoxy) is 1. The highest BCUT2D eigenvalue weighted by atomic mass is 16.5. The maximum Gasteiger partial charge on any atom is 0.254 e. The molecule has 2 aliphatic heterocycles. The maximum absolute atomic E-state index is 12.6. The number of nitrogens with one attached hydrogen (secondary N) is 1. The molecule has 2 amide bonds. The number of nitrogens with two attached hydrogens (primary N) is 1. The SMILES string of the molecule is C=CC(=O)N1CCC([C@@H]2CCNc3c(C(N)=O)c(-c4ccc(Oc5ccccc5)cc4)nn32)C(C)(C)C1. The highest BCUT2D eigenvalue weighted by molar-refractivity contribution is 6.03. The highest BCUT2D eigenvalue weighted by Gasteiger charge is 2.44. The van der Waals surface area contributed by atoms with Crippen LogP contribution >= 0.6 is 0 Å². The summed E-state index contributed by atoms with van der Waals surface area (Å²) in [5.41, 5.74) is 7.51. The van der Waals surface area contributed by atoms with Crippen LogP contribution in [0, 0.1) is 11.3 Å². The van der Waals surface area contributed by atoms with E-state index in [1.54, 1.807) is 0 Å². The molecule has 3 N–H and O–H groups in total. The quantitative estimate of drug-likeness (QED) is 0.472. The topological polar surface area (TPSA) is 102 Å². The molecule has 2 aliphatic rings. The fourth-order valence-electron chi connectivity index (χ4n) is 5.82. The van der Waals surface area contributed by atoms with Gasteiger partial charge < -0.3 is 20.7 Å². The van der Waals surface area contributed by atoms with Crippen molar-refractivity contribution in [3.8, 4) is 22.8 Å². The van der Waals surface area contributed by atoms with Crippen LogP contribution in [-0.2, 0) is 4.79 Å². The van der Waals surface area contributed by atoms with E-state index in [0.29, 0.717) is 35.9 Å². The lowest BCUT2D eigenvalue weighted by Gasteiger charge is -2.48. The molecule has 0 aliphatic carbocycles. The van der Waals surface area contributed by atoms with Crippen molar-refractivity contribution in [2.24, 2.45) is 17.1 Å². The molecule has 0 spiro atoms. The van der Waals surface area contributed by atoms with Gasteiger partial charge in [0.15, 0.2) is 0 Å². The molecular formula is C29H33N5O3. The molecule has 8 nitrogen and oxygen atoms in total. The van der Waals surface area contributed by atoms with Crippen molar-refractivity contribution < 1.29 is 14.3 Å². The average Bonchev–Trinajstić information content (AvgIpc) is 3.29. The van der Waals surface area contributed by atoms with Crippen molar-refractivity contribution in [1.29, 1.82) is 0 Å². The minimum atomic E-state index is -0.514. The maximum atomic E-state index is 12.6. The summed E-state index contributed by atoms with van der Waals surface area (Å²) in [5.74, 6) is 1.84. The Morgan fingerprint density at radius 2 is 1.81 bits per heavy atom. The highest BCUT2D eigenvalue weighted by Crippen LogP contribution is 2.46. The van der Waals surface area contributed by atoms with Crippen molar-refractivity contribution in [3.05, 3.63) is 72.8 Å². The summed E-state index contributed by atoms with van der Waals surface area (Å²) < 4.78 is 7.88. The number of benzene rings is 2. The predicted molar refractivity (Wildman–Crippen MR) is 144 cm³/mol. The van der Waals surface area contributed by atoms with Crippen molar-refractivity contribution >= 4 is 17.6 Å². The van der Waals surface area contributed by atoms with Gasteiger partial charge in [-0.2, -0.15) is 5.10 Å². The number of anilines is 1. The van der Waals surface area contributed by atoms with E-state index in [4.69, 9.17) is 15.6 Å². The number of hydrogen-bond donors (Lipinski definition) is 2. The fraction of sp³-hybridized carbons (Fsp3) is 0.345. The molecule has 1 aromatic heterocycles. The third-order valence-corrected chi connectivity index (χ3v) is 7.57. The van der Waals surface area contributed by atoms with E-state index < -0.39 is 5.91 Å². The predicted octanol–water partition coefficient (Wildman–Crippen LogP) is 4.86. The number of primary amides is 1. The largest absolute Gasteiger partial charge is 0.457 e. The van der Waals surface area contributed by atoms with E-state index in [2.05, 4.69) is 25.7 Å². The molecule has 3 heterocycles. The van der Waals surface area contributed by atoms with E-state index in [1.807, 2.05) is 64.2 Å². The number of nitrogens with zero attached hydrogens (tertiary/aromatic N) is 3. The second-order valence-electron chi connectivity index (χ2n) is 10.5. The minimum absolute atomic E-state index is 0.0328. The number of para-hydroxylation sites is 1. The zero-order valence-electron chi connectivity index (χ0n) is 21.3. The first-order valence-corrected chi connectivity index (χ1v) is 12.7. The Morgan fingerprint density at radius 1 is 1.11 bits per heavy atom. The molecule has 0 bridgehead atoms. The molecule has 192 valence electrons. The van der Waals surface area contributed by atoms with Crippen LogP contribution in [0.15, 0.2) is 67.3 Å². The molecule has 2 atom stereocenters. The molecule has 37 heavy (non-hydrogen) atoms. The number of fused-ring (bicyclic) bond motifs is 1. The lowest BCUT2D eigenvalue weighted by Crippen LogP contribution is -2.51. The summed E-state index contributed by atoms with van der Waals surface area (Å²) in [5, 5.41) is 8.34. The van der Waals surface area contributed by atoms with Crippen LogP contribution < -0.4 is 15.8 Å². The van der Waals surface area contributed by atoms with Gasteiger partial charge in [0, 0.05) is 25.2 Å². The van der Waals surface area contributed by atoms with Gasteiger partial charge >= 0.3 is 0 Å². The van der Waals surface area contributed by atoms with Crippen LogP contribution in [0.3, 0.4) is 0 Å². The number of carbonyl (C=O) groups excluding carboxylic acids is 2. The van der Waals surface area contributed by atoms with Gasteiger partial charge in [-0.05, 0) is 66.6 Å². The van der Waals surface area contributed by atoms with Crippen LogP contribution in [0.1, 0.15) is 43.1 Å². The van der Waals surface area contributed by atoms with Crippen LogP contribution in [-0.4, -0.2) is 46.1 Å². The van der Waals surface area contributed by atoms with Gasteiger partial charge in [-0.1, -0.05) is 38.6 Å².